The number of carbonyl (C=O) groups excluding carboxylic acids is 2. The number of likely N-dealkylation sites (N-methyl/N-ethyl adjacent to an activating group) is 1. The normalized spacial score (nSPS) is 23.4. The number of aryl methyl sites for hydroxylation is 1. The number of hydrogen-bond donors (Lipinski definition) is 0. The Balaban J connectivity index is 1.76. The van der Waals surface area contributed by atoms with Crippen LogP contribution in [0.3, 0.4) is 0 Å². The fourth-order valence-corrected chi connectivity index (χ4v) is 2.93. The molecule has 102 valence electrons. The predicted molar refractivity (Wildman–Crippen MR) is 68.2 cm³/mol. The van der Waals surface area contributed by atoms with Gasteiger partial charge in [0.25, 0.3) is 0 Å². The van der Waals surface area contributed by atoms with Crippen LogP contribution in [0.2, 0.25) is 0 Å². The number of hydrogen-bond acceptors (Lipinski definition) is 3. The van der Waals surface area contributed by atoms with Crippen molar-refractivity contribution in [3.05, 3.63) is 23.7 Å². The minimum Gasteiger partial charge on any atom is -0.469 e. The van der Waals surface area contributed by atoms with Crippen molar-refractivity contribution in [2.75, 3.05) is 13.6 Å². The van der Waals surface area contributed by atoms with Gasteiger partial charge in [-0.3, -0.25) is 9.59 Å². The number of furan rings is 1. The molecule has 2 aliphatic heterocycles. The van der Waals surface area contributed by atoms with E-state index in [2.05, 4.69) is 0 Å². The minimum absolute atomic E-state index is 0.0668. The Hall–Kier alpha value is -1.78. The van der Waals surface area contributed by atoms with Crippen molar-refractivity contribution in [1.29, 1.82) is 0 Å². The third-order valence-corrected chi connectivity index (χ3v) is 4.12. The zero-order chi connectivity index (χ0) is 13.4. The van der Waals surface area contributed by atoms with E-state index < -0.39 is 0 Å². The standard InChI is InChI=1S/C14H18N2O3/c1-15-11(4-5-13(15)17)14(18)16-7-2-3-12-10(9-16)6-8-19-12/h6,8,11H,2-5,7,9H2,1H3. The number of nitrogens with zero attached hydrogens (tertiary/aromatic N) is 2. The van der Waals surface area contributed by atoms with Gasteiger partial charge in [-0.25, -0.2) is 0 Å². The van der Waals surface area contributed by atoms with Gasteiger partial charge in [-0.05, 0) is 18.9 Å². The fourth-order valence-electron chi connectivity index (χ4n) is 2.93. The van der Waals surface area contributed by atoms with Gasteiger partial charge in [0.1, 0.15) is 11.8 Å². The SMILES string of the molecule is CN1C(=O)CCC1C(=O)N1CCCc2occc2C1. The summed E-state index contributed by atoms with van der Waals surface area (Å²) in [5.74, 6) is 1.13. The monoisotopic (exact) mass is 262 g/mol. The largest absolute Gasteiger partial charge is 0.469 e. The molecule has 0 aliphatic carbocycles. The first-order valence-corrected chi connectivity index (χ1v) is 6.76. The Morgan fingerprint density at radius 3 is 3.00 bits per heavy atom. The molecule has 1 atom stereocenters. The van der Waals surface area contributed by atoms with E-state index >= 15 is 0 Å². The summed E-state index contributed by atoms with van der Waals surface area (Å²) in [6, 6.07) is 1.66. The van der Waals surface area contributed by atoms with E-state index in [1.165, 1.54) is 0 Å². The van der Waals surface area contributed by atoms with Gasteiger partial charge < -0.3 is 14.2 Å². The molecule has 1 unspecified atom stereocenters. The molecular formula is C14H18N2O3. The molecule has 0 bridgehead atoms. The number of rotatable bonds is 1. The summed E-state index contributed by atoms with van der Waals surface area (Å²) in [5, 5.41) is 0. The van der Waals surface area contributed by atoms with Crippen LogP contribution in [0.4, 0.5) is 0 Å². The maximum Gasteiger partial charge on any atom is 0.245 e. The summed E-state index contributed by atoms with van der Waals surface area (Å²) >= 11 is 0. The Labute approximate surface area is 112 Å². The highest BCUT2D eigenvalue weighted by Crippen LogP contribution is 2.23. The van der Waals surface area contributed by atoms with Gasteiger partial charge in [-0.2, -0.15) is 0 Å². The van der Waals surface area contributed by atoms with Crippen LogP contribution in [0.1, 0.15) is 30.6 Å². The average molecular weight is 262 g/mol. The van der Waals surface area contributed by atoms with Crippen molar-refractivity contribution in [3.63, 3.8) is 0 Å². The molecule has 5 nitrogen and oxygen atoms in total. The van der Waals surface area contributed by atoms with Gasteiger partial charge in [0.05, 0.1) is 6.26 Å². The highest BCUT2D eigenvalue weighted by atomic mass is 16.3. The Morgan fingerprint density at radius 2 is 2.26 bits per heavy atom. The molecule has 1 fully saturated rings. The second-order valence-corrected chi connectivity index (χ2v) is 5.29. The first-order valence-electron chi connectivity index (χ1n) is 6.76. The van der Waals surface area contributed by atoms with Gasteiger partial charge >= 0.3 is 0 Å². The van der Waals surface area contributed by atoms with Crippen LogP contribution in [0.15, 0.2) is 16.7 Å². The Bertz CT molecular complexity index is 509. The molecular weight excluding hydrogens is 244 g/mol. The van der Waals surface area contributed by atoms with Gasteiger partial charge in [0.2, 0.25) is 11.8 Å². The van der Waals surface area contributed by atoms with Crippen molar-refractivity contribution in [2.24, 2.45) is 0 Å². The molecule has 1 aromatic rings. The maximum atomic E-state index is 12.5. The van der Waals surface area contributed by atoms with Crippen molar-refractivity contribution in [1.82, 2.24) is 9.80 Å². The summed E-state index contributed by atoms with van der Waals surface area (Å²) in [6.45, 7) is 1.34. The maximum absolute atomic E-state index is 12.5. The highest BCUT2D eigenvalue weighted by molar-refractivity contribution is 5.90. The van der Waals surface area contributed by atoms with E-state index in [1.54, 1.807) is 18.2 Å². The Morgan fingerprint density at radius 1 is 1.42 bits per heavy atom. The summed E-state index contributed by atoms with van der Waals surface area (Å²) in [5.41, 5.74) is 1.10. The van der Waals surface area contributed by atoms with Gasteiger partial charge in [-0.1, -0.05) is 0 Å². The molecule has 2 aliphatic rings. The van der Waals surface area contributed by atoms with Crippen LogP contribution in [0, 0.1) is 0 Å². The van der Waals surface area contributed by atoms with E-state index in [9.17, 15) is 9.59 Å². The lowest BCUT2D eigenvalue weighted by Crippen LogP contribution is -2.45. The molecule has 0 aromatic carbocycles. The second-order valence-electron chi connectivity index (χ2n) is 5.29. The molecule has 0 N–H and O–H groups in total. The van der Waals surface area contributed by atoms with E-state index in [0.29, 0.717) is 19.4 Å². The topological polar surface area (TPSA) is 53.8 Å². The lowest BCUT2D eigenvalue weighted by atomic mass is 10.2. The van der Waals surface area contributed by atoms with Crippen molar-refractivity contribution >= 4 is 11.8 Å². The smallest absolute Gasteiger partial charge is 0.245 e. The van der Waals surface area contributed by atoms with Crippen molar-refractivity contribution < 1.29 is 14.0 Å². The quantitative estimate of drug-likeness (QED) is 0.763. The molecule has 3 heterocycles. The van der Waals surface area contributed by atoms with E-state index in [1.807, 2.05) is 11.0 Å². The van der Waals surface area contributed by atoms with Crippen LogP contribution in [-0.4, -0.2) is 41.2 Å². The second kappa shape index (κ2) is 4.72. The van der Waals surface area contributed by atoms with Crippen LogP contribution in [0.25, 0.3) is 0 Å². The van der Waals surface area contributed by atoms with Crippen molar-refractivity contribution in [3.8, 4) is 0 Å². The third-order valence-electron chi connectivity index (χ3n) is 4.12. The lowest BCUT2D eigenvalue weighted by molar-refractivity contribution is -0.140. The molecule has 0 saturated carbocycles. The first kappa shape index (κ1) is 12.3. The van der Waals surface area contributed by atoms with Crippen LogP contribution < -0.4 is 0 Å². The van der Waals surface area contributed by atoms with Gasteiger partial charge in [0, 0.05) is 38.5 Å². The lowest BCUT2D eigenvalue weighted by Gasteiger charge is -2.27. The number of fused-ring (bicyclic) bond motifs is 1. The number of carbonyl (C=O) groups is 2. The van der Waals surface area contributed by atoms with Crippen LogP contribution >= 0.6 is 0 Å². The van der Waals surface area contributed by atoms with Crippen LogP contribution in [0.5, 0.6) is 0 Å². The number of likely N-dealkylation sites (tertiary alicyclic amines) is 1. The molecule has 5 heteroatoms. The zero-order valence-electron chi connectivity index (χ0n) is 11.1. The molecule has 19 heavy (non-hydrogen) atoms. The summed E-state index contributed by atoms with van der Waals surface area (Å²) < 4.78 is 5.43. The molecule has 0 spiro atoms. The van der Waals surface area contributed by atoms with Crippen molar-refractivity contribution in [2.45, 2.75) is 38.3 Å². The third kappa shape index (κ3) is 2.13. The van der Waals surface area contributed by atoms with E-state index in [0.717, 1.165) is 30.7 Å². The molecule has 1 saturated heterocycles. The van der Waals surface area contributed by atoms with Gasteiger partial charge in [-0.15, -0.1) is 0 Å². The Kier molecular flexibility index (Phi) is 3.05. The predicted octanol–water partition coefficient (Wildman–Crippen LogP) is 1.18. The first-order chi connectivity index (χ1) is 9.16. The van der Waals surface area contributed by atoms with E-state index in [4.69, 9.17) is 4.42 Å². The fraction of sp³-hybridized carbons (Fsp3) is 0.571. The molecule has 3 rings (SSSR count). The average Bonchev–Trinajstić information content (AvgIpc) is 2.91. The number of amides is 2. The molecule has 0 radical (unpaired) electrons. The zero-order valence-corrected chi connectivity index (χ0v) is 11.1. The summed E-state index contributed by atoms with van der Waals surface area (Å²) in [6.07, 6.45) is 4.60. The molecule has 2 amide bonds. The van der Waals surface area contributed by atoms with Crippen LogP contribution in [-0.2, 0) is 22.6 Å². The van der Waals surface area contributed by atoms with Gasteiger partial charge in [0.15, 0.2) is 0 Å². The minimum atomic E-state index is -0.277. The van der Waals surface area contributed by atoms with E-state index in [-0.39, 0.29) is 17.9 Å². The highest BCUT2D eigenvalue weighted by Gasteiger charge is 2.36. The summed E-state index contributed by atoms with van der Waals surface area (Å²) in [7, 11) is 1.72. The summed E-state index contributed by atoms with van der Waals surface area (Å²) in [4.78, 5) is 27.5. The molecule has 1 aromatic heterocycles.